The lowest BCUT2D eigenvalue weighted by atomic mass is 9.90. The van der Waals surface area contributed by atoms with Gasteiger partial charge in [-0.25, -0.2) is 0 Å². The van der Waals surface area contributed by atoms with Gasteiger partial charge in [0.1, 0.15) is 5.60 Å². The van der Waals surface area contributed by atoms with Crippen molar-refractivity contribution in [3.05, 3.63) is 0 Å². The van der Waals surface area contributed by atoms with Gasteiger partial charge in [-0.05, 0) is 71.6 Å². The van der Waals surface area contributed by atoms with Crippen LogP contribution < -0.4 is 0 Å². The normalized spacial score (nSPS) is 39.8. The fourth-order valence-electron chi connectivity index (χ4n) is 3.79. The Hall–Kier alpha value is -0.610. The lowest BCUT2D eigenvalue weighted by Crippen LogP contribution is -2.40. The number of rotatable bonds is 6. The Morgan fingerprint density at radius 3 is 2.48 bits per heavy atom. The van der Waals surface area contributed by atoms with E-state index in [1.54, 1.807) is 0 Å². The number of esters is 1. The Balaban J connectivity index is 1.75. The smallest absolute Gasteiger partial charge is 0.310 e. The Morgan fingerprint density at radius 1 is 1.24 bits per heavy atom. The minimum absolute atomic E-state index is 0.0457. The zero-order chi connectivity index (χ0) is 19.0. The molecule has 1 saturated heterocycles. The molecule has 0 N–H and O–H groups in total. The van der Waals surface area contributed by atoms with E-state index in [1.165, 1.54) is 0 Å². The molecule has 7 atom stereocenters. The average Bonchev–Trinajstić information content (AvgIpc) is 3.14. The fraction of sp³-hybridized carbons (Fsp3) is 0.952. The molecule has 0 aromatic rings. The summed E-state index contributed by atoms with van der Waals surface area (Å²) in [5.74, 6) is 1.02. The van der Waals surface area contributed by atoms with Gasteiger partial charge >= 0.3 is 5.97 Å². The van der Waals surface area contributed by atoms with Crippen molar-refractivity contribution in [3.8, 4) is 0 Å². The highest BCUT2D eigenvalue weighted by Gasteiger charge is 2.55. The number of ether oxygens (including phenoxy) is 3. The monoisotopic (exact) mass is 354 g/mol. The first-order valence-corrected chi connectivity index (χ1v) is 9.95. The zero-order valence-corrected chi connectivity index (χ0v) is 17.4. The molecule has 4 heteroatoms. The van der Waals surface area contributed by atoms with Gasteiger partial charge in [-0.1, -0.05) is 20.8 Å². The summed E-state index contributed by atoms with van der Waals surface area (Å²) in [6, 6.07) is 0. The molecule has 2 aliphatic rings. The van der Waals surface area contributed by atoms with Crippen LogP contribution in [0.2, 0.25) is 0 Å². The summed E-state index contributed by atoms with van der Waals surface area (Å²) in [5, 5.41) is 0. The molecule has 0 unspecified atom stereocenters. The van der Waals surface area contributed by atoms with Crippen molar-refractivity contribution in [2.24, 2.45) is 23.2 Å². The van der Waals surface area contributed by atoms with Crippen LogP contribution in [-0.4, -0.2) is 30.1 Å². The van der Waals surface area contributed by atoms with E-state index in [9.17, 15) is 4.79 Å². The minimum atomic E-state index is -0.403. The molecule has 0 amide bonds. The molecule has 1 saturated carbocycles. The number of hydrogen-bond acceptors (Lipinski definition) is 4. The van der Waals surface area contributed by atoms with Gasteiger partial charge in [0, 0.05) is 5.92 Å². The summed E-state index contributed by atoms with van der Waals surface area (Å²) in [6.45, 7) is 16.7. The number of carbonyl (C=O) groups is 1. The fourth-order valence-corrected chi connectivity index (χ4v) is 3.79. The van der Waals surface area contributed by atoms with E-state index >= 15 is 0 Å². The van der Waals surface area contributed by atoms with Crippen LogP contribution in [0.3, 0.4) is 0 Å². The molecule has 0 aromatic heterocycles. The van der Waals surface area contributed by atoms with E-state index in [0.717, 1.165) is 25.7 Å². The maximum atomic E-state index is 12.2. The third-order valence-corrected chi connectivity index (χ3v) is 5.89. The molecular formula is C21H38O4. The highest BCUT2D eigenvalue weighted by atomic mass is 16.7. The SMILES string of the molecule is C[C@H](CC[C@]1(C)C[C@@H]1C(=O)OC(C)(C)C)O[C@@H]1O[C@@H](C)[C@H](C)C[C@H]1C. The lowest BCUT2D eigenvalue weighted by molar-refractivity contribution is -0.244. The molecule has 25 heavy (non-hydrogen) atoms. The Morgan fingerprint density at radius 2 is 1.88 bits per heavy atom. The maximum absolute atomic E-state index is 12.2. The molecule has 2 rings (SSSR count). The van der Waals surface area contributed by atoms with E-state index in [0.29, 0.717) is 11.8 Å². The van der Waals surface area contributed by atoms with Crippen LogP contribution in [0, 0.1) is 23.2 Å². The van der Waals surface area contributed by atoms with E-state index in [-0.39, 0.29) is 35.8 Å². The summed E-state index contributed by atoms with van der Waals surface area (Å²) in [7, 11) is 0. The Kier molecular flexibility index (Phi) is 6.26. The van der Waals surface area contributed by atoms with Crippen LogP contribution in [0.4, 0.5) is 0 Å². The second-order valence-corrected chi connectivity index (χ2v) is 9.83. The van der Waals surface area contributed by atoms with Crippen LogP contribution in [0.15, 0.2) is 0 Å². The Bertz CT molecular complexity index is 469. The third-order valence-electron chi connectivity index (χ3n) is 5.89. The number of carbonyl (C=O) groups excluding carboxylic acids is 1. The van der Waals surface area contributed by atoms with Crippen molar-refractivity contribution in [1.29, 1.82) is 0 Å². The second-order valence-electron chi connectivity index (χ2n) is 9.83. The summed E-state index contributed by atoms with van der Waals surface area (Å²) < 4.78 is 17.8. The highest BCUT2D eigenvalue weighted by Crippen LogP contribution is 2.56. The summed E-state index contributed by atoms with van der Waals surface area (Å²) >= 11 is 0. The predicted octanol–water partition coefficient (Wildman–Crippen LogP) is 4.95. The van der Waals surface area contributed by atoms with E-state index < -0.39 is 5.60 Å². The standard InChI is InChI=1S/C21H38O4/c1-13-11-14(2)19(24-16(13)4)23-15(3)9-10-21(8)12-17(21)18(22)25-20(5,6)7/h13-17,19H,9-12H2,1-8H3/t13-,14-,15-,16+,17-,19-,21-/m1/s1. The zero-order valence-electron chi connectivity index (χ0n) is 17.4. The number of hydrogen-bond donors (Lipinski definition) is 0. The molecule has 0 radical (unpaired) electrons. The molecule has 4 nitrogen and oxygen atoms in total. The van der Waals surface area contributed by atoms with Gasteiger partial charge in [0.15, 0.2) is 6.29 Å². The lowest BCUT2D eigenvalue weighted by Gasteiger charge is -2.38. The molecule has 1 heterocycles. The highest BCUT2D eigenvalue weighted by molar-refractivity contribution is 5.77. The maximum Gasteiger partial charge on any atom is 0.310 e. The van der Waals surface area contributed by atoms with E-state index in [1.807, 2.05) is 20.8 Å². The molecule has 146 valence electrons. The van der Waals surface area contributed by atoms with Crippen molar-refractivity contribution in [3.63, 3.8) is 0 Å². The van der Waals surface area contributed by atoms with Gasteiger partial charge in [0.25, 0.3) is 0 Å². The summed E-state index contributed by atoms with van der Waals surface area (Å²) in [6.07, 6.45) is 4.32. The van der Waals surface area contributed by atoms with Crippen LogP contribution in [-0.2, 0) is 19.0 Å². The minimum Gasteiger partial charge on any atom is -0.460 e. The predicted molar refractivity (Wildman–Crippen MR) is 99.1 cm³/mol. The molecule has 0 spiro atoms. The Labute approximate surface area is 154 Å². The van der Waals surface area contributed by atoms with Crippen molar-refractivity contribution >= 4 is 5.97 Å². The topological polar surface area (TPSA) is 44.8 Å². The first kappa shape index (κ1) is 20.7. The second kappa shape index (κ2) is 7.56. The summed E-state index contributed by atoms with van der Waals surface area (Å²) in [4.78, 5) is 12.2. The first-order chi connectivity index (χ1) is 11.4. The molecule has 1 aliphatic heterocycles. The quantitative estimate of drug-likeness (QED) is 0.633. The molecular weight excluding hydrogens is 316 g/mol. The van der Waals surface area contributed by atoms with Crippen LogP contribution >= 0.6 is 0 Å². The largest absolute Gasteiger partial charge is 0.460 e. The molecule has 1 aliphatic carbocycles. The van der Waals surface area contributed by atoms with E-state index in [2.05, 4.69) is 34.6 Å². The summed E-state index contributed by atoms with van der Waals surface area (Å²) in [5.41, 5.74) is -0.333. The third kappa shape index (κ3) is 5.68. The van der Waals surface area contributed by atoms with Gasteiger partial charge in [0.05, 0.1) is 18.1 Å². The van der Waals surface area contributed by atoms with Crippen molar-refractivity contribution < 1.29 is 19.0 Å². The van der Waals surface area contributed by atoms with Gasteiger partial charge in [-0.3, -0.25) is 4.79 Å². The van der Waals surface area contributed by atoms with Gasteiger partial charge < -0.3 is 14.2 Å². The van der Waals surface area contributed by atoms with E-state index in [4.69, 9.17) is 14.2 Å². The van der Waals surface area contributed by atoms with Gasteiger partial charge in [-0.2, -0.15) is 0 Å². The van der Waals surface area contributed by atoms with Gasteiger partial charge in [-0.15, -0.1) is 0 Å². The van der Waals surface area contributed by atoms with Crippen molar-refractivity contribution in [1.82, 2.24) is 0 Å². The molecule has 0 bridgehead atoms. The van der Waals surface area contributed by atoms with Crippen LogP contribution in [0.5, 0.6) is 0 Å². The van der Waals surface area contributed by atoms with Crippen molar-refractivity contribution in [2.75, 3.05) is 0 Å². The first-order valence-electron chi connectivity index (χ1n) is 9.95. The van der Waals surface area contributed by atoms with Crippen LogP contribution in [0.1, 0.15) is 81.1 Å². The van der Waals surface area contributed by atoms with Crippen molar-refractivity contribution in [2.45, 2.75) is 105 Å². The molecule has 2 fully saturated rings. The van der Waals surface area contributed by atoms with Crippen LogP contribution in [0.25, 0.3) is 0 Å². The van der Waals surface area contributed by atoms with Gasteiger partial charge in [0.2, 0.25) is 0 Å². The molecule has 0 aromatic carbocycles. The average molecular weight is 355 g/mol.